The smallest absolute Gasteiger partial charge is 0.243 e. The Balaban J connectivity index is 2.24. The van der Waals surface area contributed by atoms with E-state index in [-0.39, 0.29) is 17.3 Å². The summed E-state index contributed by atoms with van der Waals surface area (Å²) in [6.45, 7) is 1.99. The van der Waals surface area contributed by atoms with Gasteiger partial charge in [-0.2, -0.15) is 0 Å². The first-order valence-electron chi connectivity index (χ1n) is 6.09. The molecule has 3 N–H and O–H groups in total. The minimum Gasteiger partial charge on any atom is -0.326 e. The highest BCUT2D eigenvalue weighted by Gasteiger charge is 2.23. The lowest BCUT2D eigenvalue weighted by Crippen LogP contribution is -2.26. The lowest BCUT2D eigenvalue weighted by molar-refractivity contribution is 0.566. The van der Waals surface area contributed by atoms with Crippen LogP contribution in [0, 0.1) is 5.82 Å². The first-order chi connectivity index (χ1) is 9.83. The maximum absolute atomic E-state index is 12.9. The first kappa shape index (κ1) is 16.6. The fourth-order valence-electron chi connectivity index (χ4n) is 1.80. The molecule has 1 atom stereocenters. The summed E-state index contributed by atoms with van der Waals surface area (Å²) >= 11 is 4.53. The molecule has 0 bridgehead atoms. The average molecular weight is 393 g/mol. The van der Waals surface area contributed by atoms with Crippen molar-refractivity contribution >= 4 is 37.3 Å². The van der Waals surface area contributed by atoms with Crippen LogP contribution in [0.15, 0.2) is 39.0 Å². The molecule has 114 valence electrons. The van der Waals surface area contributed by atoms with Crippen LogP contribution in [0.25, 0.3) is 0 Å². The Hall–Kier alpha value is -0.800. The maximum atomic E-state index is 12.9. The van der Waals surface area contributed by atoms with Crippen molar-refractivity contribution in [1.29, 1.82) is 0 Å². The summed E-state index contributed by atoms with van der Waals surface area (Å²) in [5, 5.41) is 0. The zero-order valence-electron chi connectivity index (χ0n) is 11.1. The van der Waals surface area contributed by atoms with E-state index >= 15 is 0 Å². The molecule has 4 nitrogen and oxygen atoms in total. The molecule has 0 spiro atoms. The van der Waals surface area contributed by atoms with Crippen molar-refractivity contribution < 1.29 is 12.8 Å². The molecule has 1 aromatic carbocycles. The molecule has 0 saturated heterocycles. The maximum Gasteiger partial charge on any atom is 0.243 e. The van der Waals surface area contributed by atoms with Crippen molar-refractivity contribution in [2.45, 2.75) is 24.4 Å². The summed E-state index contributed by atoms with van der Waals surface area (Å²) in [5.41, 5.74) is 6.21. The quantitative estimate of drug-likeness (QED) is 0.820. The molecule has 21 heavy (non-hydrogen) atoms. The molecule has 0 aliphatic carbocycles. The minimum atomic E-state index is -3.67. The second-order valence-electron chi connectivity index (χ2n) is 4.45. The van der Waals surface area contributed by atoms with Crippen molar-refractivity contribution in [3.05, 3.63) is 50.4 Å². The Morgan fingerprint density at radius 2 is 2.00 bits per heavy atom. The normalized spacial score (nSPS) is 13.3. The highest BCUT2D eigenvalue weighted by atomic mass is 79.9. The number of sulfonamides is 1. The van der Waals surface area contributed by atoms with Crippen molar-refractivity contribution in [2.24, 2.45) is 5.73 Å². The van der Waals surface area contributed by atoms with Crippen LogP contribution in [-0.4, -0.2) is 8.42 Å². The fourth-order valence-corrected chi connectivity index (χ4v) is 5.59. The van der Waals surface area contributed by atoms with Gasteiger partial charge in [-0.25, -0.2) is 17.5 Å². The largest absolute Gasteiger partial charge is 0.326 e. The highest BCUT2D eigenvalue weighted by Crippen LogP contribution is 2.32. The average Bonchev–Trinajstić information content (AvgIpc) is 2.81. The van der Waals surface area contributed by atoms with E-state index in [2.05, 4.69) is 20.7 Å². The van der Waals surface area contributed by atoms with Crippen molar-refractivity contribution in [1.82, 2.24) is 4.72 Å². The number of nitrogens with one attached hydrogen (secondary N) is 1. The summed E-state index contributed by atoms with van der Waals surface area (Å²) in [5.74, 6) is -0.359. The number of hydrogen-bond acceptors (Lipinski definition) is 4. The van der Waals surface area contributed by atoms with Crippen LogP contribution >= 0.6 is 27.3 Å². The van der Waals surface area contributed by atoms with E-state index in [1.54, 1.807) is 25.1 Å². The summed E-state index contributed by atoms with van der Waals surface area (Å²) in [6.07, 6.45) is 0. The monoisotopic (exact) mass is 392 g/mol. The van der Waals surface area contributed by atoms with Crippen LogP contribution in [0.4, 0.5) is 4.39 Å². The van der Waals surface area contributed by atoms with Crippen LogP contribution < -0.4 is 10.5 Å². The van der Waals surface area contributed by atoms with E-state index < -0.39 is 16.1 Å². The standard InChI is InChI=1S/C13H14BrFN2O2S2/c1-8(9-2-4-10(15)5-3-9)17-21(18,19)12-6-11(7-16)20-13(12)14/h2-6,8,17H,7,16H2,1H3. The number of nitrogens with two attached hydrogens (primary N) is 1. The second-order valence-corrected chi connectivity index (χ2v) is 8.59. The van der Waals surface area contributed by atoms with E-state index in [0.29, 0.717) is 9.35 Å². The predicted octanol–water partition coefficient (Wildman–Crippen LogP) is 3.15. The number of hydrogen-bond donors (Lipinski definition) is 2. The van der Waals surface area contributed by atoms with E-state index in [1.807, 2.05) is 0 Å². The van der Waals surface area contributed by atoms with Gasteiger partial charge >= 0.3 is 0 Å². The van der Waals surface area contributed by atoms with Crippen LogP contribution in [0.2, 0.25) is 0 Å². The highest BCUT2D eigenvalue weighted by molar-refractivity contribution is 9.11. The van der Waals surface area contributed by atoms with Crippen molar-refractivity contribution in [3.8, 4) is 0 Å². The van der Waals surface area contributed by atoms with Gasteiger partial charge in [-0.15, -0.1) is 11.3 Å². The van der Waals surface area contributed by atoms with E-state index in [9.17, 15) is 12.8 Å². The molecule has 1 aromatic heterocycles. The minimum absolute atomic E-state index is 0.168. The van der Waals surface area contributed by atoms with Gasteiger partial charge < -0.3 is 5.73 Å². The fraction of sp³-hybridized carbons (Fsp3) is 0.231. The predicted molar refractivity (Wildman–Crippen MR) is 85.0 cm³/mol. The molecule has 0 saturated carbocycles. The summed E-state index contributed by atoms with van der Waals surface area (Å²) in [7, 11) is -3.67. The van der Waals surface area contributed by atoms with Gasteiger partial charge in [0.05, 0.1) is 3.79 Å². The third-order valence-corrected chi connectivity index (χ3v) is 6.71. The molecule has 0 fully saturated rings. The molecule has 0 radical (unpaired) electrons. The van der Waals surface area contributed by atoms with Crippen molar-refractivity contribution in [2.75, 3.05) is 0 Å². The molecular weight excluding hydrogens is 379 g/mol. The number of benzene rings is 1. The molecule has 1 unspecified atom stereocenters. The van der Waals surface area contributed by atoms with Gasteiger partial charge in [-0.1, -0.05) is 12.1 Å². The van der Waals surface area contributed by atoms with E-state index in [4.69, 9.17) is 5.73 Å². The van der Waals surface area contributed by atoms with Gasteiger partial charge in [-0.05, 0) is 46.6 Å². The Kier molecular flexibility index (Phi) is 5.15. The first-order valence-corrected chi connectivity index (χ1v) is 9.19. The molecule has 2 aromatic rings. The van der Waals surface area contributed by atoms with Gasteiger partial charge in [-0.3, -0.25) is 0 Å². The van der Waals surface area contributed by atoms with E-state index in [1.165, 1.54) is 23.5 Å². The Morgan fingerprint density at radius 1 is 1.38 bits per heavy atom. The summed E-state index contributed by atoms with van der Waals surface area (Å²) < 4.78 is 40.7. The molecule has 0 amide bonds. The Morgan fingerprint density at radius 3 is 2.52 bits per heavy atom. The van der Waals surface area contributed by atoms with Crippen LogP contribution in [-0.2, 0) is 16.6 Å². The number of halogens is 2. The summed E-state index contributed by atoms with van der Waals surface area (Å²) in [4.78, 5) is 0.943. The zero-order chi connectivity index (χ0) is 15.6. The van der Waals surface area contributed by atoms with Gasteiger partial charge in [0, 0.05) is 17.5 Å². The lowest BCUT2D eigenvalue weighted by atomic mass is 10.1. The molecule has 0 aliphatic rings. The van der Waals surface area contributed by atoms with Crippen LogP contribution in [0.1, 0.15) is 23.4 Å². The molecule has 2 rings (SSSR count). The Bertz CT molecular complexity index is 729. The molecule has 1 heterocycles. The zero-order valence-corrected chi connectivity index (χ0v) is 14.4. The van der Waals surface area contributed by atoms with Gasteiger partial charge in [0.25, 0.3) is 0 Å². The molecule has 8 heteroatoms. The van der Waals surface area contributed by atoms with E-state index in [0.717, 1.165) is 4.88 Å². The van der Waals surface area contributed by atoms with Crippen LogP contribution in [0.5, 0.6) is 0 Å². The van der Waals surface area contributed by atoms with Gasteiger partial charge in [0.15, 0.2) is 0 Å². The van der Waals surface area contributed by atoms with Gasteiger partial charge in [0.1, 0.15) is 10.7 Å². The summed E-state index contributed by atoms with van der Waals surface area (Å²) in [6, 6.07) is 6.78. The third kappa shape index (κ3) is 3.89. The Labute approximate surface area is 135 Å². The van der Waals surface area contributed by atoms with Crippen molar-refractivity contribution in [3.63, 3.8) is 0 Å². The third-order valence-electron chi connectivity index (χ3n) is 2.90. The molecular formula is C13H14BrFN2O2S2. The number of thiophene rings is 1. The second kappa shape index (κ2) is 6.53. The molecule has 0 aliphatic heterocycles. The van der Waals surface area contributed by atoms with Crippen LogP contribution in [0.3, 0.4) is 0 Å². The lowest BCUT2D eigenvalue weighted by Gasteiger charge is -2.14. The topological polar surface area (TPSA) is 72.2 Å². The number of rotatable bonds is 5. The van der Waals surface area contributed by atoms with Gasteiger partial charge in [0.2, 0.25) is 10.0 Å². The SMILES string of the molecule is CC(NS(=O)(=O)c1cc(CN)sc1Br)c1ccc(F)cc1.